The van der Waals surface area contributed by atoms with E-state index in [1.165, 1.54) is 0 Å². The number of piperidine rings is 1. The van der Waals surface area contributed by atoms with Crippen molar-refractivity contribution in [3.8, 4) is 0 Å². The number of aromatic nitrogens is 3. The van der Waals surface area contributed by atoms with Crippen LogP contribution in [-0.4, -0.2) is 50.2 Å². The normalized spacial score (nSPS) is 20.5. The van der Waals surface area contributed by atoms with E-state index >= 15 is 0 Å². The predicted octanol–water partition coefficient (Wildman–Crippen LogP) is 3.01. The lowest BCUT2D eigenvalue weighted by Gasteiger charge is -2.39. The summed E-state index contributed by atoms with van der Waals surface area (Å²) in [5.74, 6) is 0.951. The summed E-state index contributed by atoms with van der Waals surface area (Å²) in [5, 5.41) is 18.7. The van der Waals surface area contributed by atoms with Crippen molar-refractivity contribution in [1.29, 1.82) is 0 Å². The zero-order chi connectivity index (χ0) is 19.1. The molecule has 0 bridgehead atoms. The lowest BCUT2D eigenvalue weighted by molar-refractivity contribution is -0.253. The number of hydrogen-bond donors (Lipinski definition) is 2. The van der Waals surface area contributed by atoms with Crippen LogP contribution in [0.25, 0.3) is 5.65 Å². The van der Waals surface area contributed by atoms with Crippen LogP contribution in [0.1, 0.15) is 63.0 Å². The molecule has 1 unspecified atom stereocenters. The largest absolute Gasteiger partial charge is 0.373 e. The molecular weight excluding hydrogens is 330 g/mol. The maximum Gasteiger partial charge on any atom is 0.217 e. The van der Waals surface area contributed by atoms with Gasteiger partial charge in [0.2, 0.25) is 6.41 Å². The molecule has 2 N–H and O–H groups in total. The summed E-state index contributed by atoms with van der Waals surface area (Å²) < 4.78 is 7.67. The standard InChI is InChI=1S/C19H31N5O2/c1-12-13(2)21-16-11-14(22-24(16)17(12)20-6)15-9-7-8-10-23(15)18(25)26-19(3,4)5/h11,15,18,20,25H,7-10H2,1-6H3/t15-,18?/m0/s1. The Hall–Kier alpha value is -1.70. The number of fused-ring (bicyclic) bond motifs is 1. The number of aliphatic hydroxyl groups is 1. The van der Waals surface area contributed by atoms with Crippen molar-refractivity contribution >= 4 is 11.5 Å². The third-order valence-corrected chi connectivity index (χ3v) is 4.97. The molecule has 7 heteroatoms. The van der Waals surface area contributed by atoms with Crippen molar-refractivity contribution in [2.45, 2.75) is 71.9 Å². The summed E-state index contributed by atoms with van der Waals surface area (Å²) in [4.78, 5) is 6.69. The Morgan fingerprint density at radius 1 is 1.31 bits per heavy atom. The van der Waals surface area contributed by atoms with Gasteiger partial charge in [-0.3, -0.25) is 0 Å². The lowest BCUT2D eigenvalue weighted by Crippen LogP contribution is -2.46. The Balaban J connectivity index is 1.97. The van der Waals surface area contributed by atoms with E-state index in [1.54, 1.807) is 0 Å². The van der Waals surface area contributed by atoms with Gasteiger partial charge in [0.25, 0.3) is 0 Å². The van der Waals surface area contributed by atoms with Crippen LogP contribution >= 0.6 is 0 Å². The highest BCUT2D eigenvalue weighted by Gasteiger charge is 2.33. The highest BCUT2D eigenvalue weighted by atomic mass is 16.6. The first-order chi connectivity index (χ1) is 12.2. The average Bonchev–Trinajstić information content (AvgIpc) is 2.97. The van der Waals surface area contributed by atoms with Crippen LogP contribution in [0.5, 0.6) is 0 Å². The van der Waals surface area contributed by atoms with E-state index < -0.39 is 12.0 Å². The maximum absolute atomic E-state index is 10.6. The summed E-state index contributed by atoms with van der Waals surface area (Å²) >= 11 is 0. The lowest BCUT2D eigenvalue weighted by atomic mass is 10.00. The predicted molar refractivity (Wildman–Crippen MR) is 102 cm³/mol. The third kappa shape index (κ3) is 3.70. The molecule has 2 aromatic rings. The molecule has 0 saturated carbocycles. The number of likely N-dealkylation sites (tertiary alicyclic amines) is 1. The van der Waals surface area contributed by atoms with E-state index in [1.807, 2.05) is 57.1 Å². The van der Waals surface area contributed by atoms with Gasteiger partial charge in [0, 0.05) is 30.9 Å². The van der Waals surface area contributed by atoms with Gasteiger partial charge in [-0.15, -0.1) is 0 Å². The second kappa shape index (κ2) is 7.13. The molecule has 0 amide bonds. The van der Waals surface area contributed by atoms with Crippen LogP contribution in [0.2, 0.25) is 0 Å². The summed E-state index contributed by atoms with van der Waals surface area (Å²) in [6.45, 7) is 10.7. The van der Waals surface area contributed by atoms with Crippen LogP contribution in [0.15, 0.2) is 6.07 Å². The Bertz CT molecular complexity index is 780. The van der Waals surface area contributed by atoms with Crippen molar-refractivity contribution < 1.29 is 9.84 Å². The third-order valence-electron chi connectivity index (χ3n) is 4.97. The van der Waals surface area contributed by atoms with Gasteiger partial charge in [0.1, 0.15) is 5.82 Å². The molecule has 1 fully saturated rings. The Kier molecular flexibility index (Phi) is 5.23. The van der Waals surface area contributed by atoms with Crippen LogP contribution in [-0.2, 0) is 4.74 Å². The molecule has 0 spiro atoms. The van der Waals surface area contributed by atoms with Gasteiger partial charge in [-0.1, -0.05) is 6.42 Å². The minimum absolute atomic E-state index is 0.0214. The fourth-order valence-corrected chi connectivity index (χ4v) is 3.60. The van der Waals surface area contributed by atoms with Crippen LogP contribution in [0.3, 0.4) is 0 Å². The SMILES string of the molecule is CNc1c(C)c(C)nc2cc([C@@H]3CCCCN3C(O)OC(C)(C)C)nn12. The Morgan fingerprint density at radius 3 is 2.69 bits per heavy atom. The molecule has 0 aromatic carbocycles. The second-order valence-corrected chi connectivity index (χ2v) is 8.07. The molecule has 26 heavy (non-hydrogen) atoms. The van der Waals surface area contributed by atoms with Crippen molar-refractivity contribution in [3.05, 3.63) is 23.0 Å². The number of aliphatic hydroxyl groups excluding tert-OH is 1. The van der Waals surface area contributed by atoms with Crippen molar-refractivity contribution in [3.63, 3.8) is 0 Å². The van der Waals surface area contributed by atoms with E-state index in [0.29, 0.717) is 0 Å². The second-order valence-electron chi connectivity index (χ2n) is 8.07. The number of nitrogens with one attached hydrogen (secondary N) is 1. The zero-order valence-electron chi connectivity index (χ0n) is 16.7. The number of hydrogen-bond acceptors (Lipinski definition) is 6. The zero-order valence-corrected chi connectivity index (χ0v) is 16.7. The number of rotatable bonds is 4. The van der Waals surface area contributed by atoms with Crippen LogP contribution in [0.4, 0.5) is 5.82 Å². The van der Waals surface area contributed by atoms with Gasteiger partial charge in [-0.2, -0.15) is 9.61 Å². The molecule has 7 nitrogen and oxygen atoms in total. The first-order valence-corrected chi connectivity index (χ1v) is 9.37. The summed E-state index contributed by atoms with van der Waals surface area (Å²) in [6.07, 6.45) is 2.17. The number of anilines is 1. The minimum Gasteiger partial charge on any atom is -0.373 e. The van der Waals surface area contributed by atoms with Gasteiger partial charge in [-0.25, -0.2) is 9.88 Å². The molecule has 2 aromatic heterocycles. The summed E-state index contributed by atoms with van der Waals surface area (Å²) in [7, 11) is 1.90. The van der Waals surface area contributed by atoms with Gasteiger partial charge in [-0.05, 0) is 47.5 Å². The first-order valence-electron chi connectivity index (χ1n) is 9.37. The molecule has 2 atom stereocenters. The molecule has 0 radical (unpaired) electrons. The van der Waals surface area contributed by atoms with E-state index in [9.17, 15) is 5.11 Å². The van der Waals surface area contributed by atoms with Crippen molar-refractivity contribution in [2.75, 3.05) is 18.9 Å². The highest BCUT2D eigenvalue weighted by molar-refractivity contribution is 5.55. The maximum atomic E-state index is 10.6. The molecule has 1 saturated heterocycles. The smallest absolute Gasteiger partial charge is 0.217 e. The fraction of sp³-hybridized carbons (Fsp3) is 0.684. The van der Waals surface area contributed by atoms with E-state index in [4.69, 9.17) is 9.84 Å². The van der Waals surface area contributed by atoms with E-state index in [0.717, 1.165) is 54.2 Å². The van der Waals surface area contributed by atoms with Crippen molar-refractivity contribution in [1.82, 2.24) is 19.5 Å². The van der Waals surface area contributed by atoms with E-state index in [2.05, 4.69) is 10.3 Å². The Morgan fingerprint density at radius 2 is 2.04 bits per heavy atom. The molecule has 0 aliphatic carbocycles. The average molecular weight is 361 g/mol. The first kappa shape index (κ1) is 19.1. The fourth-order valence-electron chi connectivity index (χ4n) is 3.60. The highest BCUT2D eigenvalue weighted by Crippen LogP contribution is 2.33. The Labute approximate surface area is 155 Å². The summed E-state index contributed by atoms with van der Waals surface area (Å²) in [6, 6.07) is 2.05. The van der Waals surface area contributed by atoms with Crippen molar-refractivity contribution in [2.24, 2.45) is 0 Å². The molecular formula is C19H31N5O2. The van der Waals surface area contributed by atoms with E-state index in [-0.39, 0.29) is 6.04 Å². The monoisotopic (exact) mass is 361 g/mol. The van der Waals surface area contributed by atoms with Crippen LogP contribution < -0.4 is 5.32 Å². The number of ether oxygens (including phenoxy) is 1. The minimum atomic E-state index is -0.940. The summed E-state index contributed by atoms with van der Waals surface area (Å²) in [5.41, 5.74) is 3.42. The molecule has 1 aliphatic heterocycles. The number of nitrogens with zero attached hydrogens (tertiary/aromatic N) is 4. The van der Waals surface area contributed by atoms with Gasteiger partial charge in [0.05, 0.1) is 17.3 Å². The molecule has 1 aliphatic rings. The molecule has 144 valence electrons. The quantitative estimate of drug-likeness (QED) is 0.816. The number of aryl methyl sites for hydroxylation is 1. The molecule has 3 rings (SSSR count). The van der Waals surface area contributed by atoms with Gasteiger partial charge < -0.3 is 15.2 Å². The molecule has 3 heterocycles. The van der Waals surface area contributed by atoms with Gasteiger partial charge in [0.15, 0.2) is 5.65 Å². The van der Waals surface area contributed by atoms with Crippen LogP contribution in [0, 0.1) is 13.8 Å². The topological polar surface area (TPSA) is 74.9 Å². The van der Waals surface area contributed by atoms with Gasteiger partial charge >= 0.3 is 0 Å².